The molecule has 3 nitrogen and oxygen atoms in total. The molecule has 0 aliphatic heterocycles. The first-order valence-electron chi connectivity index (χ1n) is 5.26. The second-order valence-electron chi connectivity index (χ2n) is 3.89. The van der Waals surface area contributed by atoms with Gasteiger partial charge in [0.25, 0.3) is 5.91 Å². The zero-order valence-corrected chi connectivity index (χ0v) is 10.3. The number of carbonyl (C=O) groups is 2. The zero-order chi connectivity index (χ0) is 11.5. The number of carbonyl (C=O) groups excluding carboxylic acids is 2. The number of hydrogen-bond acceptors (Lipinski definition) is 2. The summed E-state index contributed by atoms with van der Waals surface area (Å²) in [5.74, 6) is -0.0371. The summed E-state index contributed by atoms with van der Waals surface area (Å²) in [6.45, 7) is 0. The molecule has 4 heteroatoms. The normalized spacial score (nSPS) is 19.8. The molecule has 1 N–H and O–H groups in total. The van der Waals surface area contributed by atoms with Crippen LogP contribution in [0, 0.1) is 0 Å². The maximum Gasteiger partial charge on any atom is 0.251 e. The Morgan fingerprint density at radius 2 is 2.25 bits per heavy atom. The van der Waals surface area contributed by atoms with Gasteiger partial charge in [0, 0.05) is 16.5 Å². The molecular weight excluding hydrogens is 270 g/mol. The van der Waals surface area contributed by atoms with E-state index in [2.05, 4.69) is 21.2 Å². The van der Waals surface area contributed by atoms with E-state index in [1.165, 1.54) is 0 Å². The summed E-state index contributed by atoms with van der Waals surface area (Å²) in [6.07, 6.45) is 2.23. The van der Waals surface area contributed by atoms with E-state index in [-0.39, 0.29) is 17.7 Å². The van der Waals surface area contributed by atoms with Crippen molar-refractivity contribution >= 4 is 27.6 Å². The Morgan fingerprint density at radius 3 is 2.88 bits per heavy atom. The van der Waals surface area contributed by atoms with Gasteiger partial charge in [-0.1, -0.05) is 22.0 Å². The number of hydrogen-bond donors (Lipinski definition) is 1. The third kappa shape index (κ3) is 2.50. The molecule has 0 heterocycles. The van der Waals surface area contributed by atoms with Crippen molar-refractivity contribution in [3.8, 4) is 0 Å². The first-order chi connectivity index (χ1) is 7.66. The highest BCUT2D eigenvalue weighted by atomic mass is 79.9. The van der Waals surface area contributed by atoms with Crippen molar-refractivity contribution in [1.82, 2.24) is 5.32 Å². The lowest BCUT2D eigenvalue weighted by Crippen LogP contribution is -2.37. The van der Waals surface area contributed by atoms with Gasteiger partial charge in [-0.3, -0.25) is 9.59 Å². The van der Waals surface area contributed by atoms with E-state index in [1.54, 1.807) is 18.2 Å². The molecule has 2 rings (SSSR count). The lowest BCUT2D eigenvalue weighted by atomic mass is 10.2. The standard InChI is InChI=1S/C12H12BrNO2/c13-9-4-1-3-8(7-9)12(16)14-10-5-2-6-11(10)15/h1,3-4,7,10H,2,5-6H2,(H,14,16)/t10-/m1/s1. The Morgan fingerprint density at radius 1 is 1.44 bits per heavy atom. The maximum absolute atomic E-state index is 11.8. The minimum Gasteiger partial charge on any atom is -0.342 e. The number of benzene rings is 1. The summed E-state index contributed by atoms with van der Waals surface area (Å²) in [5, 5.41) is 2.76. The van der Waals surface area contributed by atoms with Gasteiger partial charge in [0.15, 0.2) is 5.78 Å². The summed E-state index contributed by atoms with van der Waals surface area (Å²) in [6, 6.07) is 6.85. The smallest absolute Gasteiger partial charge is 0.251 e. The van der Waals surface area contributed by atoms with Crippen LogP contribution in [0.5, 0.6) is 0 Å². The van der Waals surface area contributed by atoms with Crippen molar-refractivity contribution in [2.24, 2.45) is 0 Å². The number of Topliss-reactive ketones (excluding diaryl/α,β-unsaturated/α-hetero) is 1. The Balaban J connectivity index is 2.05. The number of rotatable bonds is 2. The highest BCUT2D eigenvalue weighted by molar-refractivity contribution is 9.10. The SMILES string of the molecule is O=C(N[C@@H]1CCCC1=O)c1cccc(Br)c1. The molecule has 0 unspecified atom stereocenters. The Labute approximate surface area is 102 Å². The summed E-state index contributed by atoms with van der Waals surface area (Å²) >= 11 is 3.31. The second kappa shape index (κ2) is 4.78. The highest BCUT2D eigenvalue weighted by Gasteiger charge is 2.25. The van der Waals surface area contributed by atoms with Crippen LogP contribution in [0.1, 0.15) is 29.6 Å². The van der Waals surface area contributed by atoms with Crippen LogP contribution < -0.4 is 5.32 Å². The molecule has 84 valence electrons. The molecule has 1 aliphatic carbocycles. The number of nitrogens with one attached hydrogen (secondary N) is 1. The number of halogens is 1. The Hall–Kier alpha value is -1.16. The van der Waals surface area contributed by atoms with E-state index in [0.29, 0.717) is 12.0 Å². The van der Waals surface area contributed by atoms with E-state index >= 15 is 0 Å². The maximum atomic E-state index is 11.8. The first-order valence-corrected chi connectivity index (χ1v) is 6.05. The lowest BCUT2D eigenvalue weighted by Gasteiger charge is -2.10. The first kappa shape index (κ1) is 11.3. The average Bonchev–Trinajstić information content (AvgIpc) is 2.64. The molecule has 0 radical (unpaired) electrons. The molecule has 1 atom stereocenters. The molecule has 16 heavy (non-hydrogen) atoms. The predicted octanol–water partition coefficient (Wildman–Crippen LogP) is 2.30. The molecule has 1 aromatic carbocycles. The molecule has 0 bridgehead atoms. The van der Waals surface area contributed by atoms with Crippen molar-refractivity contribution in [2.45, 2.75) is 25.3 Å². The number of amides is 1. The van der Waals surface area contributed by atoms with E-state index in [1.807, 2.05) is 6.07 Å². The van der Waals surface area contributed by atoms with Crippen LogP contribution in [-0.2, 0) is 4.79 Å². The minimum absolute atomic E-state index is 0.142. The third-order valence-corrected chi connectivity index (χ3v) is 3.19. The topological polar surface area (TPSA) is 46.2 Å². The third-order valence-electron chi connectivity index (χ3n) is 2.70. The lowest BCUT2D eigenvalue weighted by molar-refractivity contribution is -0.118. The summed E-state index contributed by atoms with van der Waals surface area (Å²) in [4.78, 5) is 23.2. The van der Waals surface area contributed by atoms with E-state index in [9.17, 15) is 9.59 Å². The van der Waals surface area contributed by atoms with Crippen LogP contribution >= 0.6 is 15.9 Å². The molecule has 0 spiro atoms. The van der Waals surface area contributed by atoms with Crippen LogP contribution in [0.15, 0.2) is 28.7 Å². The summed E-state index contributed by atoms with van der Waals surface area (Å²) < 4.78 is 0.859. The van der Waals surface area contributed by atoms with Crippen LogP contribution in [0.2, 0.25) is 0 Å². The van der Waals surface area contributed by atoms with Gasteiger partial charge < -0.3 is 5.32 Å². The van der Waals surface area contributed by atoms with Crippen molar-refractivity contribution in [3.63, 3.8) is 0 Å². The fourth-order valence-corrected chi connectivity index (χ4v) is 2.24. The molecule has 1 aromatic rings. The molecular formula is C12H12BrNO2. The average molecular weight is 282 g/mol. The van der Waals surface area contributed by atoms with E-state index < -0.39 is 0 Å². The van der Waals surface area contributed by atoms with Crippen LogP contribution in [0.25, 0.3) is 0 Å². The van der Waals surface area contributed by atoms with Crippen molar-refractivity contribution in [3.05, 3.63) is 34.3 Å². The van der Waals surface area contributed by atoms with Gasteiger partial charge in [-0.05, 0) is 31.0 Å². The largest absolute Gasteiger partial charge is 0.342 e. The van der Waals surface area contributed by atoms with Gasteiger partial charge in [-0.2, -0.15) is 0 Å². The predicted molar refractivity (Wildman–Crippen MR) is 64.3 cm³/mol. The highest BCUT2D eigenvalue weighted by Crippen LogP contribution is 2.16. The molecule has 0 saturated heterocycles. The van der Waals surface area contributed by atoms with E-state index in [4.69, 9.17) is 0 Å². The Bertz CT molecular complexity index is 431. The zero-order valence-electron chi connectivity index (χ0n) is 8.70. The van der Waals surface area contributed by atoms with Crippen molar-refractivity contribution in [1.29, 1.82) is 0 Å². The second-order valence-corrected chi connectivity index (χ2v) is 4.81. The van der Waals surface area contributed by atoms with Gasteiger partial charge in [0.05, 0.1) is 6.04 Å². The quantitative estimate of drug-likeness (QED) is 0.904. The van der Waals surface area contributed by atoms with E-state index in [0.717, 1.165) is 17.3 Å². The van der Waals surface area contributed by atoms with Gasteiger partial charge in [-0.25, -0.2) is 0 Å². The minimum atomic E-state index is -0.286. The van der Waals surface area contributed by atoms with Crippen molar-refractivity contribution in [2.75, 3.05) is 0 Å². The molecule has 1 saturated carbocycles. The molecule has 1 amide bonds. The van der Waals surface area contributed by atoms with Gasteiger partial charge in [-0.15, -0.1) is 0 Å². The molecule has 1 aliphatic rings. The molecule has 0 aromatic heterocycles. The van der Waals surface area contributed by atoms with Crippen molar-refractivity contribution < 1.29 is 9.59 Å². The van der Waals surface area contributed by atoms with Gasteiger partial charge in [0.1, 0.15) is 0 Å². The monoisotopic (exact) mass is 281 g/mol. The van der Waals surface area contributed by atoms with Gasteiger partial charge in [0.2, 0.25) is 0 Å². The van der Waals surface area contributed by atoms with Gasteiger partial charge >= 0.3 is 0 Å². The summed E-state index contributed by atoms with van der Waals surface area (Å²) in [5.41, 5.74) is 0.578. The van der Waals surface area contributed by atoms with Crippen LogP contribution in [0.3, 0.4) is 0 Å². The number of ketones is 1. The summed E-state index contributed by atoms with van der Waals surface area (Å²) in [7, 11) is 0. The molecule has 1 fully saturated rings. The van der Waals surface area contributed by atoms with Crippen LogP contribution in [0.4, 0.5) is 0 Å². The van der Waals surface area contributed by atoms with Crippen LogP contribution in [-0.4, -0.2) is 17.7 Å². The fraction of sp³-hybridized carbons (Fsp3) is 0.333. The fourth-order valence-electron chi connectivity index (χ4n) is 1.84. The Kier molecular flexibility index (Phi) is 3.39.